The second-order valence-corrected chi connectivity index (χ2v) is 9.15. The number of hydrogen-bond acceptors (Lipinski definition) is 4. The minimum Gasteiger partial charge on any atom is -0.410 e. The molecule has 1 fully saturated rings. The predicted octanol–water partition coefficient (Wildman–Crippen LogP) is 5.51. The first kappa shape index (κ1) is 21.4. The van der Waals surface area contributed by atoms with Crippen LogP contribution in [0.15, 0.2) is 18.2 Å². The molecule has 1 N–H and O–H groups in total. The highest BCUT2D eigenvalue weighted by Gasteiger charge is 2.24. The van der Waals surface area contributed by atoms with E-state index in [0.29, 0.717) is 24.4 Å². The van der Waals surface area contributed by atoms with Gasteiger partial charge in [0, 0.05) is 42.3 Å². The minimum atomic E-state index is -0.418. The number of aromatic nitrogens is 1. The van der Waals surface area contributed by atoms with E-state index in [1.165, 1.54) is 24.8 Å². The molecule has 2 aromatic rings. The van der Waals surface area contributed by atoms with Gasteiger partial charge in [-0.2, -0.15) is 0 Å². The molecule has 0 spiro atoms. The summed E-state index contributed by atoms with van der Waals surface area (Å²) in [5.74, 6) is 0.498. The van der Waals surface area contributed by atoms with Crippen LogP contribution in [0.2, 0.25) is 5.02 Å². The summed E-state index contributed by atoms with van der Waals surface area (Å²) in [5.41, 5.74) is 3.06. The molecule has 5 nitrogen and oxygen atoms in total. The second-order valence-electron chi connectivity index (χ2n) is 8.77. The van der Waals surface area contributed by atoms with E-state index in [9.17, 15) is 4.79 Å². The number of nitrogens with zero attached hydrogens (tertiary/aromatic N) is 2. The molecule has 2 unspecified atom stereocenters. The lowest BCUT2D eigenvalue weighted by Crippen LogP contribution is -2.44. The van der Waals surface area contributed by atoms with E-state index in [2.05, 4.69) is 24.1 Å². The van der Waals surface area contributed by atoms with Gasteiger partial charge in [-0.3, -0.25) is 9.88 Å². The molecule has 30 heavy (non-hydrogen) atoms. The van der Waals surface area contributed by atoms with Crippen LogP contribution in [-0.2, 0) is 12.8 Å². The van der Waals surface area contributed by atoms with Crippen molar-refractivity contribution < 1.29 is 9.53 Å². The van der Waals surface area contributed by atoms with E-state index in [1.807, 2.05) is 12.1 Å². The number of rotatable bonds is 5. The number of amides is 1. The molecule has 2 atom stereocenters. The highest BCUT2D eigenvalue weighted by Crippen LogP contribution is 2.34. The number of aryl methyl sites for hydroxylation is 1. The summed E-state index contributed by atoms with van der Waals surface area (Å²) in [5, 5.41) is 4.60. The quantitative estimate of drug-likeness (QED) is 0.637. The second kappa shape index (κ2) is 9.52. The molecule has 0 radical (unpaired) electrons. The maximum atomic E-state index is 12.2. The number of carbonyl (C=O) groups excluding carboxylic acids is 1. The number of pyridine rings is 1. The van der Waals surface area contributed by atoms with Crippen LogP contribution in [0.25, 0.3) is 10.9 Å². The van der Waals surface area contributed by atoms with Gasteiger partial charge in [-0.05, 0) is 76.5 Å². The number of ether oxygens (including phenoxy) is 1. The van der Waals surface area contributed by atoms with Gasteiger partial charge in [0.2, 0.25) is 0 Å². The van der Waals surface area contributed by atoms with Crippen LogP contribution in [0.5, 0.6) is 5.75 Å². The number of likely N-dealkylation sites (tertiary alicyclic amines) is 1. The fraction of sp³-hybridized carbons (Fsp3) is 0.583. The van der Waals surface area contributed by atoms with Gasteiger partial charge < -0.3 is 10.1 Å². The van der Waals surface area contributed by atoms with Crippen LogP contribution >= 0.6 is 11.6 Å². The van der Waals surface area contributed by atoms with Crippen LogP contribution in [0, 0.1) is 0 Å². The number of halogens is 1. The van der Waals surface area contributed by atoms with E-state index < -0.39 is 6.09 Å². The van der Waals surface area contributed by atoms with Gasteiger partial charge in [0.1, 0.15) is 5.75 Å². The Kier molecular flexibility index (Phi) is 6.79. The Hall–Kier alpha value is -1.85. The van der Waals surface area contributed by atoms with Crippen molar-refractivity contribution in [3.63, 3.8) is 0 Å². The molecular weight excluding hydrogens is 398 g/mol. The zero-order valence-electron chi connectivity index (χ0n) is 18.0. The summed E-state index contributed by atoms with van der Waals surface area (Å²) in [6.45, 7) is 6.22. The molecule has 1 saturated heterocycles. The zero-order valence-corrected chi connectivity index (χ0v) is 18.8. The predicted molar refractivity (Wildman–Crippen MR) is 122 cm³/mol. The Balaban J connectivity index is 1.32. The molecular formula is C24H32ClN3O2. The lowest BCUT2D eigenvalue weighted by atomic mass is 9.94. The highest BCUT2D eigenvalue weighted by molar-refractivity contribution is 6.36. The first-order valence-electron chi connectivity index (χ1n) is 11.4. The first-order chi connectivity index (χ1) is 14.5. The molecule has 1 amide bonds. The van der Waals surface area contributed by atoms with Gasteiger partial charge in [-0.1, -0.05) is 18.0 Å². The summed E-state index contributed by atoms with van der Waals surface area (Å²) >= 11 is 6.62. The Bertz CT molecular complexity index is 907. The third-order valence-electron chi connectivity index (χ3n) is 6.61. The third kappa shape index (κ3) is 4.73. The summed E-state index contributed by atoms with van der Waals surface area (Å²) in [6, 6.07) is 6.77. The van der Waals surface area contributed by atoms with Crippen molar-refractivity contribution in [2.45, 2.75) is 77.3 Å². The van der Waals surface area contributed by atoms with Gasteiger partial charge in [-0.15, -0.1) is 0 Å². The summed E-state index contributed by atoms with van der Waals surface area (Å²) < 4.78 is 5.49. The minimum absolute atomic E-state index is 0.418. The normalized spacial score (nSPS) is 22.0. The van der Waals surface area contributed by atoms with E-state index in [4.69, 9.17) is 21.3 Å². The number of piperidine rings is 1. The van der Waals surface area contributed by atoms with Gasteiger partial charge in [0.25, 0.3) is 0 Å². The maximum absolute atomic E-state index is 12.2. The van der Waals surface area contributed by atoms with Crippen molar-refractivity contribution in [2.24, 2.45) is 0 Å². The number of hydrogen-bond donors (Lipinski definition) is 1. The van der Waals surface area contributed by atoms with E-state index in [1.54, 1.807) is 6.07 Å². The lowest BCUT2D eigenvalue weighted by molar-refractivity contribution is 0.102. The summed E-state index contributed by atoms with van der Waals surface area (Å²) in [7, 11) is 0. The van der Waals surface area contributed by atoms with Crippen molar-refractivity contribution in [2.75, 3.05) is 13.1 Å². The maximum Gasteiger partial charge on any atom is 0.412 e. The molecule has 4 rings (SSSR count). The number of nitrogens with one attached hydrogen (secondary N) is 1. The SMILES string of the molecule is CC1CCCC(C)N1CCCNC(=O)Oc1ccc2c(Cl)c3c(nc2c1)CCCC3. The lowest BCUT2D eigenvalue weighted by Gasteiger charge is -2.39. The van der Waals surface area contributed by atoms with Crippen LogP contribution in [0.1, 0.15) is 63.6 Å². The molecule has 0 bridgehead atoms. The largest absolute Gasteiger partial charge is 0.412 e. The van der Waals surface area contributed by atoms with E-state index in [-0.39, 0.29) is 0 Å². The summed E-state index contributed by atoms with van der Waals surface area (Å²) in [6.07, 6.45) is 8.62. The topological polar surface area (TPSA) is 54.5 Å². The average molecular weight is 430 g/mol. The monoisotopic (exact) mass is 429 g/mol. The van der Waals surface area contributed by atoms with E-state index in [0.717, 1.165) is 60.3 Å². The highest BCUT2D eigenvalue weighted by atomic mass is 35.5. The Labute approximate surface area is 184 Å². The van der Waals surface area contributed by atoms with Gasteiger partial charge in [0.15, 0.2) is 0 Å². The van der Waals surface area contributed by atoms with Crippen molar-refractivity contribution in [3.8, 4) is 5.75 Å². The van der Waals surface area contributed by atoms with Gasteiger partial charge in [-0.25, -0.2) is 4.79 Å². The molecule has 2 heterocycles. The third-order valence-corrected chi connectivity index (χ3v) is 7.05. The average Bonchev–Trinajstić information content (AvgIpc) is 2.73. The van der Waals surface area contributed by atoms with Crippen molar-refractivity contribution in [1.29, 1.82) is 0 Å². The fourth-order valence-corrected chi connectivity index (χ4v) is 5.28. The number of carbonyl (C=O) groups is 1. The van der Waals surface area contributed by atoms with Crippen LogP contribution in [0.3, 0.4) is 0 Å². The van der Waals surface area contributed by atoms with Crippen LogP contribution < -0.4 is 10.1 Å². The number of fused-ring (bicyclic) bond motifs is 2. The standard InChI is InChI=1S/C24H32ClN3O2/c1-16-7-5-8-17(2)28(16)14-6-13-26-24(29)30-18-11-12-20-22(15-18)27-21-10-4-3-9-19(21)23(20)25/h11-12,15-17H,3-10,13-14H2,1-2H3,(H,26,29). The fourth-order valence-electron chi connectivity index (χ4n) is 4.92. The first-order valence-corrected chi connectivity index (χ1v) is 11.7. The molecule has 1 aromatic heterocycles. The number of benzene rings is 1. The Morgan fingerprint density at radius 3 is 2.77 bits per heavy atom. The molecule has 162 valence electrons. The van der Waals surface area contributed by atoms with Crippen LogP contribution in [-0.4, -0.2) is 41.2 Å². The van der Waals surface area contributed by atoms with Gasteiger partial charge in [0.05, 0.1) is 10.5 Å². The molecule has 1 aliphatic heterocycles. The van der Waals surface area contributed by atoms with Crippen molar-refractivity contribution in [1.82, 2.24) is 15.2 Å². The molecule has 2 aliphatic rings. The van der Waals surface area contributed by atoms with E-state index >= 15 is 0 Å². The molecule has 0 saturated carbocycles. The summed E-state index contributed by atoms with van der Waals surface area (Å²) in [4.78, 5) is 19.6. The molecule has 1 aliphatic carbocycles. The Morgan fingerprint density at radius 2 is 1.97 bits per heavy atom. The van der Waals surface area contributed by atoms with Gasteiger partial charge >= 0.3 is 6.09 Å². The zero-order chi connectivity index (χ0) is 21.1. The van der Waals surface area contributed by atoms with Crippen molar-refractivity contribution in [3.05, 3.63) is 34.5 Å². The molecule has 6 heteroatoms. The molecule has 1 aromatic carbocycles. The smallest absolute Gasteiger partial charge is 0.410 e. The van der Waals surface area contributed by atoms with Crippen molar-refractivity contribution >= 4 is 28.6 Å². The van der Waals surface area contributed by atoms with Crippen LogP contribution in [0.4, 0.5) is 4.79 Å². The Morgan fingerprint density at radius 1 is 1.20 bits per heavy atom.